The van der Waals surface area contributed by atoms with Gasteiger partial charge in [-0.15, -0.1) is 11.3 Å². The molecule has 0 aliphatic carbocycles. The largest absolute Gasteiger partial charge is 0.444 e. The quantitative estimate of drug-likeness (QED) is 0.525. The van der Waals surface area contributed by atoms with Gasteiger partial charge in [-0.05, 0) is 39.0 Å². The second-order valence-corrected chi connectivity index (χ2v) is 7.92. The van der Waals surface area contributed by atoms with E-state index in [4.69, 9.17) is 32.8 Å². The van der Waals surface area contributed by atoms with E-state index in [0.29, 0.717) is 15.6 Å². The lowest BCUT2D eigenvalue weighted by Crippen LogP contribution is -2.27. The molecule has 1 amide bonds. The van der Waals surface area contributed by atoms with Gasteiger partial charge in [0.05, 0.1) is 0 Å². The second-order valence-electron chi connectivity index (χ2n) is 6.22. The number of carbonyl (C=O) groups is 1. The SMILES string of the molecule is CC(C)(C)OC(=O)Nc1nc(/C([C]=O)=N/OCc2cc(Cl)ccc2Cl)cs1. The van der Waals surface area contributed by atoms with E-state index < -0.39 is 11.7 Å². The lowest BCUT2D eigenvalue weighted by Gasteiger charge is -2.18. The van der Waals surface area contributed by atoms with E-state index in [2.05, 4.69) is 15.5 Å². The number of aromatic nitrogens is 1. The van der Waals surface area contributed by atoms with Gasteiger partial charge in [-0.1, -0.05) is 28.4 Å². The number of ether oxygens (including phenoxy) is 1. The van der Waals surface area contributed by atoms with Gasteiger partial charge >= 0.3 is 6.09 Å². The number of anilines is 1. The summed E-state index contributed by atoms with van der Waals surface area (Å²) in [4.78, 5) is 32.1. The molecule has 143 valence electrons. The minimum atomic E-state index is -0.649. The van der Waals surface area contributed by atoms with Crippen molar-refractivity contribution in [3.05, 3.63) is 44.9 Å². The summed E-state index contributed by atoms with van der Waals surface area (Å²) in [5.74, 6) is 0. The van der Waals surface area contributed by atoms with Gasteiger partial charge in [0.2, 0.25) is 0 Å². The van der Waals surface area contributed by atoms with Crippen LogP contribution < -0.4 is 5.32 Å². The molecule has 2 rings (SSSR count). The van der Waals surface area contributed by atoms with Gasteiger partial charge < -0.3 is 9.57 Å². The van der Waals surface area contributed by atoms with Crippen LogP contribution in [-0.4, -0.2) is 28.7 Å². The summed E-state index contributed by atoms with van der Waals surface area (Å²) in [5.41, 5.74) is 0.0339. The van der Waals surface area contributed by atoms with Gasteiger partial charge in [-0.25, -0.2) is 9.78 Å². The molecule has 0 fully saturated rings. The zero-order valence-corrected chi connectivity index (χ0v) is 17.0. The van der Waals surface area contributed by atoms with Gasteiger partial charge in [0.15, 0.2) is 10.8 Å². The first-order valence-electron chi connectivity index (χ1n) is 7.66. The third kappa shape index (κ3) is 6.82. The zero-order chi connectivity index (χ0) is 20.0. The Morgan fingerprint density at radius 2 is 2.11 bits per heavy atom. The summed E-state index contributed by atoms with van der Waals surface area (Å²) in [6.07, 6.45) is 1.00. The Morgan fingerprint density at radius 1 is 1.37 bits per heavy atom. The number of hydrogen-bond acceptors (Lipinski definition) is 7. The summed E-state index contributed by atoms with van der Waals surface area (Å²) < 4.78 is 5.13. The van der Waals surface area contributed by atoms with E-state index in [9.17, 15) is 9.59 Å². The standard InChI is InChI=1S/C17H16Cl2N3O4S/c1-17(2,3)26-16(24)21-15-20-14(9-27-15)13(7-23)22-25-8-10-6-11(18)4-5-12(10)19/h4-6,9H,8H2,1-3H3,(H,20,21,24)/b22-13+. The molecule has 0 unspecified atom stereocenters. The van der Waals surface area contributed by atoms with Crippen molar-refractivity contribution in [1.29, 1.82) is 0 Å². The minimum Gasteiger partial charge on any atom is -0.444 e. The molecule has 1 aromatic heterocycles. The molecule has 0 atom stereocenters. The lowest BCUT2D eigenvalue weighted by atomic mass is 10.2. The van der Waals surface area contributed by atoms with Crippen molar-refractivity contribution >= 4 is 57.8 Å². The number of rotatable bonds is 6. The number of amides is 1. The van der Waals surface area contributed by atoms with Crippen molar-refractivity contribution in [1.82, 2.24) is 4.98 Å². The lowest BCUT2D eigenvalue weighted by molar-refractivity contribution is 0.0636. The Balaban J connectivity index is 2.01. The highest BCUT2D eigenvalue weighted by Crippen LogP contribution is 2.22. The fourth-order valence-corrected chi connectivity index (χ4v) is 2.82. The van der Waals surface area contributed by atoms with Crippen molar-refractivity contribution in [3.63, 3.8) is 0 Å². The normalized spacial score (nSPS) is 11.8. The predicted molar refractivity (Wildman–Crippen MR) is 105 cm³/mol. The molecule has 0 spiro atoms. The topological polar surface area (TPSA) is 89.9 Å². The molecule has 2 aromatic rings. The number of nitrogens with zero attached hydrogens (tertiary/aromatic N) is 2. The van der Waals surface area contributed by atoms with Gasteiger partial charge in [0, 0.05) is 21.0 Å². The van der Waals surface area contributed by atoms with Crippen LogP contribution in [0.3, 0.4) is 0 Å². The molecule has 27 heavy (non-hydrogen) atoms. The van der Waals surface area contributed by atoms with E-state index in [-0.39, 0.29) is 23.1 Å². The summed E-state index contributed by atoms with van der Waals surface area (Å²) in [5, 5.41) is 8.95. The predicted octanol–water partition coefficient (Wildman–Crippen LogP) is 4.83. The summed E-state index contributed by atoms with van der Waals surface area (Å²) in [6, 6.07) is 4.92. The molecule has 0 saturated heterocycles. The van der Waals surface area contributed by atoms with Crippen LogP contribution >= 0.6 is 34.5 Å². The summed E-state index contributed by atoms with van der Waals surface area (Å²) in [7, 11) is 0. The number of nitrogens with one attached hydrogen (secondary N) is 1. The van der Waals surface area contributed by atoms with Gasteiger partial charge in [0.1, 0.15) is 17.9 Å². The first kappa shape index (κ1) is 21.1. The van der Waals surface area contributed by atoms with Crippen LogP contribution in [0.25, 0.3) is 0 Å². The van der Waals surface area contributed by atoms with Crippen molar-refractivity contribution in [2.45, 2.75) is 33.0 Å². The number of halogens is 2. The Labute approximate surface area is 170 Å². The average Bonchev–Trinajstić information content (AvgIpc) is 3.01. The number of oxime groups is 1. The van der Waals surface area contributed by atoms with Crippen molar-refractivity contribution in [3.8, 4) is 0 Å². The smallest absolute Gasteiger partial charge is 0.413 e. The highest BCUT2D eigenvalue weighted by molar-refractivity contribution is 7.14. The molecular weight excluding hydrogens is 413 g/mol. The molecule has 0 bridgehead atoms. The third-order valence-corrected chi connectivity index (χ3v) is 4.20. The number of thiazole rings is 1. The Kier molecular flexibility index (Phi) is 7.18. The fourth-order valence-electron chi connectivity index (χ4n) is 1.77. The van der Waals surface area contributed by atoms with E-state index in [1.807, 2.05) is 0 Å². The maximum absolute atomic E-state index is 11.7. The van der Waals surface area contributed by atoms with Crippen molar-refractivity contribution < 1.29 is 19.2 Å². The van der Waals surface area contributed by atoms with Crippen LogP contribution in [0.5, 0.6) is 0 Å². The van der Waals surface area contributed by atoms with Crippen LogP contribution in [0.15, 0.2) is 28.7 Å². The molecular formula is C17H16Cl2N3O4S. The second kappa shape index (κ2) is 9.16. The number of benzene rings is 1. The summed E-state index contributed by atoms with van der Waals surface area (Å²) >= 11 is 13.0. The molecule has 7 nitrogen and oxygen atoms in total. The molecule has 0 aliphatic rings. The van der Waals surface area contributed by atoms with E-state index in [0.717, 1.165) is 11.3 Å². The molecule has 1 heterocycles. The number of carbonyl (C=O) groups excluding carboxylic acids is 2. The van der Waals surface area contributed by atoms with Crippen LogP contribution in [0.4, 0.5) is 9.93 Å². The molecule has 1 radical (unpaired) electrons. The van der Waals surface area contributed by atoms with E-state index >= 15 is 0 Å². The molecule has 10 heteroatoms. The van der Waals surface area contributed by atoms with Crippen molar-refractivity contribution in [2.24, 2.45) is 5.16 Å². The first-order valence-corrected chi connectivity index (χ1v) is 9.29. The van der Waals surface area contributed by atoms with Gasteiger partial charge in [0.25, 0.3) is 6.29 Å². The van der Waals surface area contributed by atoms with E-state index in [1.165, 1.54) is 5.38 Å². The molecule has 0 saturated carbocycles. The van der Waals surface area contributed by atoms with Crippen LogP contribution in [0.2, 0.25) is 10.0 Å². The maximum atomic E-state index is 11.7. The Bertz CT molecular complexity index is 862. The molecule has 0 aliphatic heterocycles. The zero-order valence-electron chi connectivity index (χ0n) is 14.7. The number of hydrogen-bond donors (Lipinski definition) is 1. The highest BCUT2D eigenvalue weighted by atomic mass is 35.5. The van der Waals surface area contributed by atoms with Gasteiger partial charge in [-0.2, -0.15) is 0 Å². The minimum absolute atomic E-state index is 0.0116. The average molecular weight is 429 g/mol. The maximum Gasteiger partial charge on any atom is 0.413 e. The van der Waals surface area contributed by atoms with E-state index in [1.54, 1.807) is 45.3 Å². The van der Waals surface area contributed by atoms with Crippen molar-refractivity contribution in [2.75, 3.05) is 5.32 Å². The first-order chi connectivity index (χ1) is 12.7. The molecule has 1 N–H and O–H groups in total. The van der Waals surface area contributed by atoms with Crippen LogP contribution in [0.1, 0.15) is 32.0 Å². The molecule has 1 aromatic carbocycles. The van der Waals surface area contributed by atoms with Gasteiger partial charge in [-0.3, -0.25) is 10.1 Å². The highest BCUT2D eigenvalue weighted by Gasteiger charge is 2.18. The monoisotopic (exact) mass is 428 g/mol. The van der Waals surface area contributed by atoms with Crippen LogP contribution in [-0.2, 0) is 21.0 Å². The Hall–Kier alpha value is -2.16. The summed E-state index contributed by atoms with van der Waals surface area (Å²) in [6.45, 7) is 5.25. The fraction of sp³-hybridized carbons (Fsp3) is 0.294. The Morgan fingerprint density at radius 3 is 2.78 bits per heavy atom. The van der Waals surface area contributed by atoms with Crippen LogP contribution in [0, 0.1) is 0 Å². The third-order valence-electron chi connectivity index (χ3n) is 2.84.